The molecule has 0 fully saturated rings. The largest absolute Gasteiger partial charge is 0.386 e. The van der Waals surface area contributed by atoms with Gasteiger partial charge in [-0.1, -0.05) is 6.08 Å². The molecular formula is C8H10N2O. The highest BCUT2D eigenvalue weighted by Gasteiger charge is 2.17. The van der Waals surface area contributed by atoms with Gasteiger partial charge in [0.15, 0.2) is 0 Å². The average Bonchev–Trinajstić information content (AvgIpc) is 2.35. The maximum atomic E-state index is 9.45. The predicted octanol–water partition coefficient (Wildman–Crippen LogP) is 0.870. The summed E-state index contributed by atoms with van der Waals surface area (Å²) in [5.41, 5.74) is 1.82. The minimum Gasteiger partial charge on any atom is -0.386 e. The molecule has 0 saturated heterocycles. The summed E-state index contributed by atoms with van der Waals surface area (Å²) < 4.78 is 1.91. The molecule has 0 bridgehead atoms. The minimum absolute atomic E-state index is 0.406. The molecule has 1 aromatic heterocycles. The van der Waals surface area contributed by atoms with E-state index in [4.69, 9.17) is 0 Å². The number of hydrogen-bond acceptors (Lipinski definition) is 2. The van der Waals surface area contributed by atoms with Gasteiger partial charge in [-0.15, -0.1) is 0 Å². The molecule has 1 heterocycles. The molecule has 1 unspecified atom stereocenters. The third-order valence-corrected chi connectivity index (χ3v) is 1.96. The van der Waals surface area contributed by atoms with Gasteiger partial charge in [0.05, 0.1) is 17.7 Å². The molecule has 11 heavy (non-hydrogen) atoms. The van der Waals surface area contributed by atoms with Gasteiger partial charge in [-0.3, -0.25) is 0 Å². The summed E-state index contributed by atoms with van der Waals surface area (Å²) in [4.78, 5) is 4.10. The SMILES string of the molecule is Cn1cnc2c1C=CCC2O. The van der Waals surface area contributed by atoms with Crippen LogP contribution in [0, 0.1) is 0 Å². The van der Waals surface area contributed by atoms with Crippen molar-refractivity contribution in [2.75, 3.05) is 0 Å². The Balaban J connectivity index is 2.57. The molecule has 58 valence electrons. The second-order valence-electron chi connectivity index (χ2n) is 2.78. The summed E-state index contributed by atoms with van der Waals surface area (Å²) in [6.07, 6.45) is 5.97. The Morgan fingerprint density at radius 3 is 3.27 bits per heavy atom. The zero-order valence-electron chi connectivity index (χ0n) is 6.36. The van der Waals surface area contributed by atoms with Gasteiger partial charge >= 0.3 is 0 Å². The predicted molar refractivity (Wildman–Crippen MR) is 41.8 cm³/mol. The lowest BCUT2D eigenvalue weighted by Gasteiger charge is -2.11. The molecular weight excluding hydrogens is 140 g/mol. The van der Waals surface area contributed by atoms with Crippen LogP contribution in [0.1, 0.15) is 23.9 Å². The first kappa shape index (κ1) is 6.61. The fourth-order valence-corrected chi connectivity index (χ4v) is 1.34. The Kier molecular flexibility index (Phi) is 1.32. The lowest BCUT2D eigenvalue weighted by atomic mass is 10.1. The average molecular weight is 150 g/mol. The molecule has 0 aromatic carbocycles. The first-order valence-electron chi connectivity index (χ1n) is 3.65. The van der Waals surface area contributed by atoms with Crippen molar-refractivity contribution in [1.82, 2.24) is 9.55 Å². The number of aliphatic hydroxyl groups excluding tert-OH is 1. The number of aliphatic hydroxyl groups is 1. The fourth-order valence-electron chi connectivity index (χ4n) is 1.34. The van der Waals surface area contributed by atoms with Gasteiger partial charge in [0.25, 0.3) is 0 Å². The first-order chi connectivity index (χ1) is 5.29. The van der Waals surface area contributed by atoms with Crippen molar-refractivity contribution < 1.29 is 5.11 Å². The van der Waals surface area contributed by atoms with E-state index >= 15 is 0 Å². The van der Waals surface area contributed by atoms with Crippen molar-refractivity contribution in [3.8, 4) is 0 Å². The van der Waals surface area contributed by atoms with Crippen molar-refractivity contribution in [3.05, 3.63) is 23.8 Å². The van der Waals surface area contributed by atoms with Crippen LogP contribution in [0.5, 0.6) is 0 Å². The van der Waals surface area contributed by atoms with E-state index in [1.54, 1.807) is 6.33 Å². The Morgan fingerprint density at radius 1 is 1.73 bits per heavy atom. The van der Waals surface area contributed by atoms with Crippen LogP contribution in [0.25, 0.3) is 6.08 Å². The molecule has 1 aromatic rings. The zero-order chi connectivity index (χ0) is 7.84. The van der Waals surface area contributed by atoms with Crippen LogP contribution in [-0.4, -0.2) is 14.7 Å². The maximum absolute atomic E-state index is 9.45. The summed E-state index contributed by atoms with van der Waals surface area (Å²) >= 11 is 0. The Labute approximate surface area is 65.0 Å². The zero-order valence-corrected chi connectivity index (χ0v) is 6.36. The maximum Gasteiger partial charge on any atom is 0.102 e. The molecule has 1 N–H and O–H groups in total. The van der Waals surface area contributed by atoms with E-state index in [1.165, 1.54) is 0 Å². The van der Waals surface area contributed by atoms with Crippen LogP contribution in [0.4, 0.5) is 0 Å². The summed E-state index contributed by atoms with van der Waals surface area (Å²) in [7, 11) is 1.92. The highest BCUT2D eigenvalue weighted by Crippen LogP contribution is 2.25. The summed E-state index contributed by atoms with van der Waals surface area (Å²) in [5.74, 6) is 0. The first-order valence-corrected chi connectivity index (χ1v) is 3.65. The fraction of sp³-hybridized carbons (Fsp3) is 0.375. The van der Waals surface area contributed by atoms with Gasteiger partial charge < -0.3 is 9.67 Å². The highest BCUT2D eigenvalue weighted by atomic mass is 16.3. The quantitative estimate of drug-likeness (QED) is 0.596. The van der Waals surface area contributed by atoms with Gasteiger partial charge in [-0.2, -0.15) is 0 Å². The number of aromatic nitrogens is 2. The number of aryl methyl sites for hydroxylation is 1. The third kappa shape index (κ3) is 0.886. The van der Waals surface area contributed by atoms with Gasteiger partial charge in [-0.25, -0.2) is 4.98 Å². The Morgan fingerprint density at radius 2 is 2.55 bits per heavy atom. The molecule has 0 aliphatic heterocycles. The monoisotopic (exact) mass is 150 g/mol. The highest BCUT2D eigenvalue weighted by molar-refractivity contribution is 5.51. The standard InChI is InChI=1S/C8H10N2O/c1-10-5-9-8-6(10)3-2-4-7(8)11/h2-3,5,7,11H,4H2,1H3. The molecule has 2 rings (SSSR count). The Bertz CT molecular complexity index is 301. The van der Waals surface area contributed by atoms with Crippen LogP contribution in [0.2, 0.25) is 0 Å². The van der Waals surface area contributed by atoms with E-state index in [1.807, 2.05) is 23.8 Å². The number of nitrogens with zero attached hydrogens (tertiary/aromatic N) is 2. The number of hydrogen-bond donors (Lipinski definition) is 1. The summed E-state index contributed by atoms with van der Waals surface area (Å²) in [5, 5.41) is 9.45. The van der Waals surface area contributed by atoms with Gasteiger partial charge in [0.2, 0.25) is 0 Å². The van der Waals surface area contributed by atoms with Crippen molar-refractivity contribution in [1.29, 1.82) is 0 Å². The second kappa shape index (κ2) is 2.20. The minimum atomic E-state index is -0.406. The van der Waals surface area contributed by atoms with Crippen LogP contribution in [0.15, 0.2) is 12.4 Å². The van der Waals surface area contributed by atoms with E-state index in [2.05, 4.69) is 4.98 Å². The molecule has 1 aliphatic rings. The molecule has 0 amide bonds. The van der Waals surface area contributed by atoms with E-state index in [-0.39, 0.29) is 0 Å². The van der Waals surface area contributed by atoms with E-state index in [9.17, 15) is 5.11 Å². The summed E-state index contributed by atoms with van der Waals surface area (Å²) in [6, 6.07) is 0. The molecule has 3 heteroatoms. The topological polar surface area (TPSA) is 38.0 Å². The van der Waals surface area contributed by atoms with Crippen molar-refractivity contribution in [3.63, 3.8) is 0 Å². The van der Waals surface area contributed by atoms with Gasteiger partial charge in [0.1, 0.15) is 6.10 Å². The lowest BCUT2D eigenvalue weighted by molar-refractivity contribution is 0.175. The normalized spacial score (nSPS) is 21.8. The van der Waals surface area contributed by atoms with Crippen molar-refractivity contribution >= 4 is 6.08 Å². The molecule has 3 nitrogen and oxygen atoms in total. The molecule has 1 aliphatic carbocycles. The number of fused-ring (bicyclic) bond motifs is 1. The molecule has 1 atom stereocenters. The Hall–Kier alpha value is -1.09. The number of rotatable bonds is 0. The molecule has 0 spiro atoms. The van der Waals surface area contributed by atoms with Crippen molar-refractivity contribution in [2.24, 2.45) is 7.05 Å². The van der Waals surface area contributed by atoms with Crippen LogP contribution < -0.4 is 0 Å². The van der Waals surface area contributed by atoms with Gasteiger partial charge in [0, 0.05) is 7.05 Å². The van der Waals surface area contributed by atoms with E-state index < -0.39 is 6.10 Å². The second-order valence-corrected chi connectivity index (χ2v) is 2.78. The smallest absolute Gasteiger partial charge is 0.102 e. The van der Waals surface area contributed by atoms with Crippen LogP contribution >= 0.6 is 0 Å². The van der Waals surface area contributed by atoms with Crippen LogP contribution in [-0.2, 0) is 7.05 Å². The molecule has 0 saturated carbocycles. The lowest BCUT2D eigenvalue weighted by Crippen LogP contribution is -2.03. The third-order valence-electron chi connectivity index (χ3n) is 1.96. The summed E-state index contributed by atoms with van der Waals surface area (Å²) in [6.45, 7) is 0. The van der Waals surface area contributed by atoms with E-state index in [0.717, 1.165) is 11.4 Å². The van der Waals surface area contributed by atoms with E-state index in [0.29, 0.717) is 6.42 Å². The van der Waals surface area contributed by atoms with Crippen molar-refractivity contribution in [2.45, 2.75) is 12.5 Å². The van der Waals surface area contributed by atoms with Gasteiger partial charge in [-0.05, 0) is 12.5 Å². The van der Waals surface area contributed by atoms with Crippen LogP contribution in [0.3, 0.4) is 0 Å². The molecule has 0 radical (unpaired) electrons. The number of imidazole rings is 1.